The number of hydrogen-bond donors (Lipinski definition) is 2. The van der Waals surface area contributed by atoms with Crippen molar-refractivity contribution in [2.24, 2.45) is 5.73 Å². The van der Waals surface area contributed by atoms with E-state index >= 15 is 0 Å². The number of hydrogen-bond acceptors (Lipinski definition) is 5. The molecule has 0 radical (unpaired) electrons. The molecule has 2 heterocycles. The van der Waals surface area contributed by atoms with Crippen LogP contribution in [0.1, 0.15) is 16.1 Å². The molecule has 6 heteroatoms. The molecule has 1 aromatic rings. The molecule has 1 saturated heterocycles. The van der Waals surface area contributed by atoms with Crippen molar-refractivity contribution >= 4 is 5.91 Å². The lowest BCUT2D eigenvalue weighted by molar-refractivity contribution is 0.0124. The number of rotatable bonds is 2. The monoisotopic (exact) mass is 260 g/mol. The molecule has 0 saturated carbocycles. The van der Waals surface area contributed by atoms with Gasteiger partial charge in [0.2, 0.25) is 0 Å². The van der Waals surface area contributed by atoms with Gasteiger partial charge in [-0.1, -0.05) is 11.8 Å². The van der Waals surface area contributed by atoms with Gasteiger partial charge in [0, 0.05) is 24.8 Å². The normalized spacial score (nSPS) is 15.4. The first kappa shape index (κ1) is 13.5. The molecule has 0 aliphatic carbocycles. The van der Waals surface area contributed by atoms with E-state index in [9.17, 15) is 4.79 Å². The van der Waals surface area contributed by atoms with Crippen LogP contribution in [-0.4, -0.2) is 48.7 Å². The van der Waals surface area contributed by atoms with Crippen LogP contribution in [0.2, 0.25) is 0 Å². The fourth-order valence-electron chi connectivity index (χ4n) is 1.63. The largest absolute Gasteiger partial charge is 0.379 e. The predicted octanol–water partition coefficient (Wildman–Crippen LogP) is -0.631. The summed E-state index contributed by atoms with van der Waals surface area (Å²) in [6, 6.07) is 3.40. The average molecular weight is 260 g/mol. The van der Waals surface area contributed by atoms with E-state index in [1.54, 1.807) is 18.3 Å². The second-order valence-electron chi connectivity index (χ2n) is 3.98. The molecule has 100 valence electrons. The van der Waals surface area contributed by atoms with Crippen LogP contribution in [-0.2, 0) is 4.74 Å². The minimum atomic E-state index is -0.222. The van der Waals surface area contributed by atoms with E-state index in [2.05, 4.69) is 22.3 Å². The number of nitrogens with two attached hydrogens (primary N) is 1. The smallest absolute Gasteiger partial charge is 0.284 e. The Morgan fingerprint density at radius 2 is 2.26 bits per heavy atom. The number of hydrazine groups is 1. The summed E-state index contributed by atoms with van der Waals surface area (Å²) in [6.45, 7) is 2.93. The Labute approximate surface area is 111 Å². The Kier molecular flexibility index (Phi) is 4.86. The van der Waals surface area contributed by atoms with Gasteiger partial charge >= 0.3 is 0 Å². The first-order valence-corrected chi connectivity index (χ1v) is 6.08. The molecule has 0 aromatic carbocycles. The van der Waals surface area contributed by atoms with Crippen molar-refractivity contribution in [3.8, 4) is 11.8 Å². The van der Waals surface area contributed by atoms with Gasteiger partial charge in [-0.2, -0.15) is 0 Å². The number of morpholine rings is 1. The van der Waals surface area contributed by atoms with Crippen LogP contribution in [0.3, 0.4) is 0 Å². The fourth-order valence-corrected chi connectivity index (χ4v) is 1.63. The second kappa shape index (κ2) is 6.85. The van der Waals surface area contributed by atoms with E-state index in [1.165, 1.54) is 0 Å². The second-order valence-corrected chi connectivity index (χ2v) is 3.98. The maximum absolute atomic E-state index is 11.9. The van der Waals surface area contributed by atoms with Gasteiger partial charge in [0.25, 0.3) is 5.91 Å². The molecular weight excluding hydrogens is 244 g/mol. The Hall–Kier alpha value is -1.94. The summed E-state index contributed by atoms with van der Waals surface area (Å²) in [4.78, 5) is 16.0. The number of aromatic nitrogens is 1. The number of carbonyl (C=O) groups is 1. The molecule has 2 rings (SSSR count). The molecule has 3 N–H and O–H groups in total. The Morgan fingerprint density at radius 1 is 1.47 bits per heavy atom. The van der Waals surface area contributed by atoms with Gasteiger partial charge < -0.3 is 10.5 Å². The Balaban J connectivity index is 1.95. The van der Waals surface area contributed by atoms with Crippen LogP contribution in [0, 0.1) is 11.8 Å². The highest BCUT2D eigenvalue weighted by atomic mass is 16.5. The van der Waals surface area contributed by atoms with Crippen LogP contribution in [0.15, 0.2) is 18.3 Å². The Morgan fingerprint density at radius 3 is 2.89 bits per heavy atom. The first-order valence-electron chi connectivity index (χ1n) is 6.08. The maximum atomic E-state index is 11.9. The third-order valence-electron chi connectivity index (χ3n) is 2.60. The molecule has 6 nitrogen and oxygen atoms in total. The molecule has 1 amide bonds. The molecule has 1 aromatic heterocycles. The number of nitrogens with one attached hydrogen (secondary N) is 1. The zero-order valence-corrected chi connectivity index (χ0v) is 10.6. The summed E-state index contributed by atoms with van der Waals surface area (Å²) < 4.78 is 5.21. The average Bonchev–Trinajstić information content (AvgIpc) is 2.46. The highest BCUT2D eigenvalue weighted by molar-refractivity contribution is 5.91. The minimum Gasteiger partial charge on any atom is -0.379 e. The summed E-state index contributed by atoms with van der Waals surface area (Å²) in [7, 11) is 0. The van der Waals surface area contributed by atoms with Gasteiger partial charge in [-0.3, -0.25) is 10.2 Å². The van der Waals surface area contributed by atoms with Gasteiger partial charge in [0.05, 0.1) is 19.8 Å². The number of amides is 1. The quantitative estimate of drug-likeness (QED) is 0.692. The standard InChI is InChI=1S/C13H16N4O2/c14-5-1-2-11-3-4-12(15-10-11)13(18)16-17-6-8-19-9-7-17/h3-4,10H,5-9,14H2,(H,16,18). The zero-order valence-electron chi connectivity index (χ0n) is 10.6. The third-order valence-corrected chi connectivity index (χ3v) is 2.60. The van der Waals surface area contributed by atoms with Gasteiger partial charge in [-0.05, 0) is 12.1 Å². The van der Waals surface area contributed by atoms with Crippen molar-refractivity contribution in [2.75, 3.05) is 32.8 Å². The first-order chi connectivity index (χ1) is 9.29. The van der Waals surface area contributed by atoms with Crippen LogP contribution in [0.4, 0.5) is 0 Å². The summed E-state index contributed by atoms with van der Waals surface area (Å²) >= 11 is 0. The van der Waals surface area contributed by atoms with Crippen molar-refractivity contribution in [3.63, 3.8) is 0 Å². The van der Waals surface area contributed by atoms with E-state index in [0.717, 1.165) is 5.56 Å². The fraction of sp³-hybridized carbons (Fsp3) is 0.385. The molecule has 19 heavy (non-hydrogen) atoms. The number of carbonyl (C=O) groups excluding carboxylic acids is 1. The van der Waals surface area contributed by atoms with Crippen molar-refractivity contribution in [2.45, 2.75) is 0 Å². The lowest BCUT2D eigenvalue weighted by Crippen LogP contribution is -2.48. The summed E-state index contributed by atoms with van der Waals surface area (Å²) in [6.07, 6.45) is 1.57. The molecule has 0 atom stereocenters. The molecular formula is C13H16N4O2. The lowest BCUT2D eigenvalue weighted by Gasteiger charge is -2.26. The van der Waals surface area contributed by atoms with Crippen molar-refractivity contribution in [1.29, 1.82) is 0 Å². The highest BCUT2D eigenvalue weighted by Gasteiger charge is 2.14. The van der Waals surface area contributed by atoms with Crippen LogP contribution < -0.4 is 11.2 Å². The van der Waals surface area contributed by atoms with Gasteiger partial charge in [0.1, 0.15) is 5.69 Å². The lowest BCUT2D eigenvalue weighted by atomic mass is 10.2. The van der Waals surface area contributed by atoms with Crippen molar-refractivity contribution < 1.29 is 9.53 Å². The third kappa shape index (κ3) is 4.03. The molecule has 1 aliphatic heterocycles. The van der Waals surface area contributed by atoms with E-state index in [1.807, 2.05) is 5.01 Å². The van der Waals surface area contributed by atoms with E-state index in [4.69, 9.17) is 10.5 Å². The number of nitrogens with zero attached hydrogens (tertiary/aromatic N) is 2. The maximum Gasteiger partial charge on any atom is 0.284 e. The van der Waals surface area contributed by atoms with Crippen LogP contribution in [0.5, 0.6) is 0 Å². The number of pyridine rings is 1. The molecule has 0 bridgehead atoms. The summed E-state index contributed by atoms with van der Waals surface area (Å²) in [5, 5.41) is 1.83. The van der Waals surface area contributed by atoms with E-state index < -0.39 is 0 Å². The molecule has 0 spiro atoms. The SMILES string of the molecule is NCC#Cc1ccc(C(=O)NN2CCOCC2)nc1. The predicted molar refractivity (Wildman–Crippen MR) is 70.0 cm³/mol. The van der Waals surface area contributed by atoms with Gasteiger partial charge in [0.15, 0.2) is 0 Å². The van der Waals surface area contributed by atoms with E-state index in [-0.39, 0.29) is 5.91 Å². The molecule has 1 fully saturated rings. The van der Waals surface area contributed by atoms with Gasteiger partial charge in [-0.25, -0.2) is 9.99 Å². The van der Waals surface area contributed by atoms with Crippen molar-refractivity contribution in [3.05, 3.63) is 29.6 Å². The summed E-state index contributed by atoms with van der Waals surface area (Å²) in [5.41, 5.74) is 9.19. The van der Waals surface area contributed by atoms with Crippen LogP contribution >= 0.6 is 0 Å². The van der Waals surface area contributed by atoms with Crippen molar-refractivity contribution in [1.82, 2.24) is 15.4 Å². The van der Waals surface area contributed by atoms with Gasteiger partial charge in [-0.15, -0.1) is 0 Å². The minimum absolute atomic E-state index is 0.222. The van der Waals surface area contributed by atoms with Crippen LogP contribution in [0.25, 0.3) is 0 Å². The number of ether oxygens (including phenoxy) is 1. The zero-order chi connectivity index (χ0) is 13.5. The molecule has 0 unspecified atom stereocenters. The van der Waals surface area contributed by atoms with E-state index in [0.29, 0.717) is 38.5 Å². The topological polar surface area (TPSA) is 80.5 Å². The summed E-state index contributed by atoms with van der Waals surface area (Å²) in [5.74, 6) is 5.37. The Bertz CT molecular complexity index is 484. The highest BCUT2D eigenvalue weighted by Crippen LogP contribution is 2.00. The molecule has 1 aliphatic rings.